The molecular weight excluding hydrogens is 244 g/mol. The third-order valence-electron chi connectivity index (χ3n) is 3.97. The minimum Gasteiger partial charge on any atom is -0.478 e. The lowest BCUT2D eigenvalue weighted by molar-refractivity contribution is -0.125. The molecule has 5 nitrogen and oxygen atoms in total. The Labute approximate surface area is 112 Å². The smallest absolute Gasteiger partial charge is 0.337 e. The molecule has 0 radical (unpaired) electrons. The van der Waals surface area contributed by atoms with E-state index in [9.17, 15) is 9.59 Å². The van der Waals surface area contributed by atoms with Gasteiger partial charge in [-0.3, -0.25) is 4.79 Å². The van der Waals surface area contributed by atoms with Gasteiger partial charge in [0.2, 0.25) is 5.91 Å². The van der Waals surface area contributed by atoms with Gasteiger partial charge in [0.15, 0.2) is 0 Å². The molecule has 1 heterocycles. The van der Waals surface area contributed by atoms with E-state index in [0.717, 1.165) is 32.1 Å². The van der Waals surface area contributed by atoms with Gasteiger partial charge < -0.3 is 10.4 Å². The van der Waals surface area contributed by atoms with Crippen molar-refractivity contribution in [2.75, 3.05) is 5.32 Å². The SMILES string of the molecule is CCC1(C(=O)Nc2ccc(C(=O)O)cn2)CCCC1. The van der Waals surface area contributed by atoms with Crippen molar-refractivity contribution < 1.29 is 14.7 Å². The van der Waals surface area contributed by atoms with E-state index < -0.39 is 5.97 Å². The van der Waals surface area contributed by atoms with E-state index in [1.165, 1.54) is 18.3 Å². The van der Waals surface area contributed by atoms with Crippen molar-refractivity contribution in [2.45, 2.75) is 39.0 Å². The highest BCUT2D eigenvalue weighted by molar-refractivity contribution is 5.95. The Morgan fingerprint density at radius 1 is 1.37 bits per heavy atom. The number of carbonyl (C=O) groups is 2. The number of carboxylic acid groups (broad SMARTS) is 1. The predicted molar refractivity (Wildman–Crippen MR) is 71.0 cm³/mol. The van der Waals surface area contributed by atoms with E-state index in [-0.39, 0.29) is 16.9 Å². The van der Waals surface area contributed by atoms with Crippen LogP contribution in [0.4, 0.5) is 5.82 Å². The molecule has 19 heavy (non-hydrogen) atoms. The Morgan fingerprint density at radius 2 is 2.05 bits per heavy atom. The van der Waals surface area contributed by atoms with Crippen LogP contribution in [-0.2, 0) is 4.79 Å². The van der Waals surface area contributed by atoms with Crippen LogP contribution in [0, 0.1) is 5.41 Å². The van der Waals surface area contributed by atoms with Gasteiger partial charge in [0.25, 0.3) is 0 Å². The Bertz CT molecular complexity index is 476. The van der Waals surface area contributed by atoms with Crippen molar-refractivity contribution in [2.24, 2.45) is 5.41 Å². The zero-order valence-electron chi connectivity index (χ0n) is 11.0. The summed E-state index contributed by atoms with van der Waals surface area (Å²) in [5.74, 6) is -0.607. The number of rotatable bonds is 4. The molecule has 2 N–H and O–H groups in total. The predicted octanol–water partition coefficient (Wildman–Crippen LogP) is 2.69. The van der Waals surface area contributed by atoms with Crippen LogP contribution in [0.3, 0.4) is 0 Å². The normalized spacial score (nSPS) is 17.1. The van der Waals surface area contributed by atoms with Crippen molar-refractivity contribution in [3.05, 3.63) is 23.9 Å². The van der Waals surface area contributed by atoms with Crippen LogP contribution in [0.1, 0.15) is 49.4 Å². The maximum atomic E-state index is 12.3. The minimum atomic E-state index is -1.02. The standard InChI is InChI=1S/C14H18N2O3/c1-2-14(7-3-4-8-14)13(19)16-11-6-5-10(9-15-11)12(17)18/h5-6,9H,2-4,7-8H2,1H3,(H,17,18)(H,15,16,19). The summed E-state index contributed by atoms with van der Waals surface area (Å²) in [7, 11) is 0. The number of carbonyl (C=O) groups excluding carboxylic acids is 1. The number of hydrogen-bond donors (Lipinski definition) is 2. The summed E-state index contributed by atoms with van der Waals surface area (Å²) in [4.78, 5) is 27.0. The van der Waals surface area contributed by atoms with E-state index in [1.54, 1.807) is 0 Å². The maximum absolute atomic E-state index is 12.3. The summed E-state index contributed by atoms with van der Waals surface area (Å²) in [6.45, 7) is 2.03. The molecule has 0 saturated heterocycles. The first-order chi connectivity index (χ1) is 9.07. The van der Waals surface area contributed by atoms with Gasteiger partial charge >= 0.3 is 5.97 Å². The molecule has 1 saturated carbocycles. The van der Waals surface area contributed by atoms with E-state index in [1.807, 2.05) is 6.92 Å². The van der Waals surface area contributed by atoms with Crippen molar-refractivity contribution in [1.29, 1.82) is 0 Å². The molecule has 1 aliphatic rings. The molecule has 0 bridgehead atoms. The molecule has 0 atom stereocenters. The van der Waals surface area contributed by atoms with Crippen molar-refractivity contribution in [1.82, 2.24) is 4.98 Å². The van der Waals surface area contributed by atoms with Gasteiger partial charge in [0, 0.05) is 11.6 Å². The van der Waals surface area contributed by atoms with E-state index in [2.05, 4.69) is 10.3 Å². The summed E-state index contributed by atoms with van der Waals surface area (Å²) in [5, 5.41) is 11.6. The highest BCUT2D eigenvalue weighted by Crippen LogP contribution is 2.41. The van der Waals surface area contributed by atoms with Crippen LogP contribution in [-0.4, -0.2) is 22.0 Å². The zero-order chi connectivity index (χ0) is 13.9. The lowest BCUT2D eigenvalue weighted by Crippen LogP contribution is -2.33. The first-order valence-corrected chi connectivity index (χ1v) is 6.58. The molecule has 1 aromatic heterocycles. The topological polar surface area (TPSA) is 79.3 Å². The van der Waals surface area contributed by atoms with Gasteiger partial charge in [-0.15, -0.1) is 0 Å². The number of nitrogens with zero attached hydrogens (tertiary/aromatic N) is 1. The molecule has 0 aromatic carbocycles. The van der Waals surface area contributed by atoms with Gasteiger partial charge in [-0.2, -0.15) is 0 Å². The number of anilines is 1. The lowest BCUT2D eigenvalue weighted by Gasteiger charge is -2.25. The first-order valence-electron chi connectivity index (χ1n) is 6.58. The van der Waals surface area contributed by atoms with E-state index >= 15 is 0 Å². The number of aromatic carboxylic acids is 1. The average Bonchev–Trinajstić information content (AvgIpc) is 2.89. The second-order valence-electron chi connectivity index (χ2n) is 5.03. The molecule has 1 amide bonds. The third kappa shape index (κ3) is 2.75. The second-order valence-corrected chi connectivity index (χ2v) is 5.03. The van der Waals surface area contributed by atoms with Crippen molar-refractivity contribution >= 4 is 17.7 Å². The van der Waals surface area contributed by atoms with Gasteiger partial charge in [0.05, 0.1) is 5.56 Å². The fourth-order valence-electron chi connectivity index (χ4n) is 2.64. The van der Waals surface area contributed by atoms with Gasteiger partial charge in [-0.05, 0) is 31.4 Å². The van der Waals surface area contributed by atoms with Crippen LogP contribution in [0.25, 0.3) is 0 Å². The van der Waals surface area contributed by atoms with Crippen LogP contribution in [0.15, 0.2) is 18.3 Å². The molecule has 0 unspecified atom stereocenters. The summed E-state index contributed by atoms with van der Waals surface area (Å²) in [6, 6.07) is 2.97. The Morgan fingerprint density at radius 3 is 2.53 bits per heavy atom. The molecule has 1 aromatic rings. The fourth-order valence-corrected chi connectivity index (χ4v) is 2.64. The number of nitrogens with one attached hydrogen (secondary N) is 1. The largest absolute Gasteiger partial charge is 0.478 e. The monoisotopic (exact) mass is 262 g/mol. The number of carboxylic acids is 1. The van der Waals surface area contributed by atoms with Crippen LogP contribution in [0.5, 0.6) is 0 Å². The molecule has 0 spiro atoms. The van der Waals surface area contributed by atoms with Gasteiger partial charge in [0.1, 0.15) is 5.82 Å². The highest BCUT2D eigenvalue weighted by Gasteiger charge is 2.39. The summed E-state index contributed by atoms with van der Waals surface area (Å²) < 4.78 is 0. The van der Waals surface area contributed by atoms with E-state index in [4.69, 9.17) is 5.11 Å². The zero-order valence-corrected chi connectivity index (χ0v) is 11.0. The molecule has 1 fully saturated rings. The minimum absolute atomic E-state index is 0.00285. The number of aromatic nitrogens is 1. The molecule has 102 valence electrons. The van der Waals surface area contributed by atoms with Gasteiger partial charge in [-0.25, -0.2) is 9.78 Å². The van der Waals surface area contributed by atoms with Crippen LogP contribution in [0.2, 0.25) is 0 Å². The average molecular weight is 262 g/mol. The Kier molecular flexibility index (Phi) is 3.83. The van der Waals surface area contributed by atoms with E-state index in [0.29, 0.717) is 5.82 Å². The van der Waals surface area contributed by atoms with Crippen LogP contribution >= 0.6 is 0 Å². The maximum Gasteiger partial charge on any atom is 0.337 e. The van der Waals surface area contributed by atoms with Crippen LogP contribution < -0.4 is 5.32 Å². The van der Waals surface area contributed by atoms with Crippen molar-refractivity contribution in [3.8, 4) is 0 Å². The Hall–Kier alpha value is -1.91. The number of amides is 1. The molecule has 2 rings (SSSR count). The fraction of sp³-hybridized carbons (Fsp3) is 0.500. The first kappa shape index (κ1) is 13.5. The third-order valence-corrected chi connectivity index (χ3v) is 3.97. The number of pyridine rings is 1. The number of hydrogen-bond acceptors (Lipinski definition) is 3. The molecular formula is C14H18N2O3. The molecule has 1 aliphatic carbocycles. The summed E-state index contributed by atoms with van der Waals surface area (Å²) in [6.07, 6.45) is 6.10. The second kappa shape index (κ2) is 5.38. The Balaban J connectivity index is 2.08. The quantitative estimate of drug-likeness (QED) is 0.874. The van der Waals surface area contributed by atoms with Crippen molar-refractivity contribution in [3.63, 3.8) is 0 Å². The molecule has 5 heteroatoms. The molecule has 0 aliphatic heterocycles. The van der Waals surface area contributed by atoms with Gasteiger partial charge in [-0.1, -0.05) is 19.8 Å². The lowest BCUT2D eigenvalue weighted by atomic mass is 9.82. The highest BCUT2D eigenvalue weighted by atomic mass is 16.4. The summed E-state index contributed by atoms with van der Waals surface area (Å²) >= 11 is 0. The summed E-state index contributed by atoms with van der Waals surface area (Å²) in [5.41, 5.74) is -0.156.